The smallest absolute Gasteiger partial charge is 0.0504 e. The topological polar surface area (TPSA) is 32.3 Å². The van der Waals surface area contributed by atoms with Crippen LogP contribution < -0.4 is 5.32 Å². The molecule has 1 saturated carbocycles. The van der Waals surface area contributed by atoms with E-state index in [0.29, 0.717) is 6.61 Å². The largest absolute Gasteiger partial charge is 0.396 e. The van der Waals surface area contributed by atoms with Crippen LogP contribution in [-0.4, -0.2) is 18.3 Å². The minimum absolute atomic E-state index is 0.114. The Labute approximate surface area is 104 Å². The second kappa shape index (κ2) is 5.54. The van der Waals surface area contributed by atoms with Crippen LogP contribution in [0.4, 0.5) is 5.69 Å². The quantitative estimate of drug-likeness (QED) is 0.836. The van der Waals surface area contributed by atoms with Crippen molar-refractivity contribution >= 4 is 5.69 Å². The van der Waals surface area contributed by atoms with Crippen molar-refractivity contribution in [2.75, 3.05) is 18.5 Å². The van der Waals surface area contributed by atoms with E-state index in [0.717, 1.165) is 25.1 Å². The lowest BCUT2D eigenvalue weighted by Crippen LogP contribution is -2.35. The van der Waals surface area contributed by atoms with Gasteiger partial charge in [-0.25, -0.2) is 0 Å². The average molecular weight is 233 g/mol. The first-order valence-corrected chi connectivity index (χ1v) is 6.66. The van der Waals surface area contributed by atoms with Crippen LogP contribution in [0.3, 0.4) is 0 Å². The molecule has 1 aromatic carbocycles. The Morgan fingerprint density at radius 2 is 1.76 bits per heavy atom. The van der Waals surface area contributed by atoms with E-state index in [1.54, 1.807) is 0 Å². The predicted octanol–water partition coefficient (Wildman–Crippen LogP) is 3.35. The van der Waals surface area contributed by atoms with E-state index in [-0.39, 0.29) is 5.41 Å². The average Bonchev–Trinajstić information content (AvgIpc) is 2.39. The molecule has 94 valence electrons. The van der Waals surface area contributed by atoms with E-state index < -0.39 is 0 Å². The van der Waals surface area contributed by atoms with Crippen LogP contribution in [0.5, 0.6) is 0 Å². The molecule has 0 heterocycles. The molecule has 0 bridgehead atoms. The van der Waals surface area contributed by atoms with Crippen molar-refractivity contribution in [3.63, 3.8) is 0 Å². The molecular formula is C15H23NO. The number of aliphatic hydroxyl groups excluding tert-OH is 1. The molecule has 1 aromatic rings. The van der Waals surface area contributed by atoms with E-state index in [2.05, 4.69) is 36.5 Å². The third-order valence-corrected chi connectivity index (χ3v) is 3.97. The molecule has 2 nitrogen and oxygen atoms in total. The van der Waals surface area contributed by atoms with Gasteiger partial charge in [-0.3, -0.25) is 0 Å². The van der Waals surface area contributed by atoms with Gasteiger partial charge in [-0.2, -0.15) is 0 Å². The van der Waals surface area contributed by atoms with Crippen LogP contribution in [-0.2, 0) is 0 Å². The van der Waals surface area contributed by atoms with Crippen LogP contribution in [0.1, 0.15) is 37.7 Å². The first-order chi connectivity index (χ1) is 8.24. The first kappa shape index (κ1) is 12.4. The molecule has 0 atom stereocenters. The Morgan fingerprint density at radius 1 is 1.12 bits per heavy atom. The summed E-state index contributed by atoms with van der Waals surface area (Å²) in [6.07, 6.45) is 6.16. The molecule has 0 unspecified atom stereocenters. The van der Waals surface area contributed by atoms with Crippen molar-refractivity contribution in [2.45, 2.75) is 39.0 Å². The predicted molar refractivity (Wildman–Crippen MR) is 72.3 cm³/mol. The SMILES string of the molecule is Cc1ccc(NCC2(CO)CCCCC2)cc1. The monoisotopic (exact) mass is 233 g/mol. The van der Waals surface area contributed by atoms with Gasteiger partial charge in [0.1, 0.15) is 0 Å². The number of aliphatic hydroxyl groups is 1. The Hall–Kier alpha value is -1.02. The second-order valence-corrected chi connectivity index (χ2v) is 5.44. The summed E-state index contributed by atoms with van der Waals surface area (Å²) in [5, 5.41) is 13.1. The van der Waals surface area contributed by atoms with Gasteiger partial charge in [0.05, 0.1) is 6.61 Å². The van der Waals surface area contributed by atoms with Crippen molar-refractivity contribution in [1.29, 1.82) is 0 Å². The molecule has 1 aliphatic rings. The molecule has 0 radical (unpaired) electrons. The highest BCUT2D eigenvalue weighted by Crippen LogP contribution is 2.35. The molecule has 1 fully saturated rings. The van der Waals surface area contributed by atoms with Crippen molar-refractivity contribution in [3.8, 4) is 0 Å². The summed E-state index contributed by atoms with van der Waals surface area (Å²) in [6, 6.07) is 8.47. The molecule has 0 aliphatic heterocycles. The maximum absolute atomic E-state index is 9.62. The third-order valence-electron chi connectivity index (χ3n) is 3.97. The number of aryl methyl sites for hydroxylation is 1. The van der Waals surface area contributed by atoms with Crippen molar-refractivity contribution in [1.82, 2.24) is 0 Å². The summed E-state index contributed by atoms with van der Waals surface area (Å²) >= 11 is 0. The number of nitrogens with one attached hydrogen (secondary N) is 1. The lowest BCUT2D eigenvalue weighted by molar-refractivity contribution is 0.0944. The molecule has 2 rings (SSSR count). The van der Waals surface area contributed by atoms with Crippen LogP contribution in [0.15, 0.2) is 24.3 Å². The van der Waals surface area contributed by atoms with E-state index in [4.69, 9.17) is 0 Å². The number of hydrogen-bond acceptors (Lipinski definition) is 2. The zero-order valence-electron chi connectivity index (χ0n) is 10.7. The van der Waals surface area contributed by atoms with E-state index in [9.17, 15) is 5.11 Å². The summed E-state index contributed by atoms with van der Waals surface area (Å²) in [5.41, 5.74) is 2.56. The van der Waals surface area contributed by atoms with Crippen LogP contribution >= 0.6 is 0 Å². The second-order valence-electron chi connectivity index (χ2n) is 5.44. The fourth-order valence-corrected chi connectivity index (χ4v) is 2.65. The Bertz CT molecular complexity index is 338. The van der Waals surface area contributed by atoms with Crippen molar-refractivity contribution < 1.29 is 5.11 Å². The van der Waals surface area contributed by atoms with Gasteiger partial charge in [-0.15, -0.1) is 0 Å². The van der Waals surface area contributed by atoms with Gasteiger partial charge in [0.15, 0.2) is 0 Å². The highest BCUT2D eigenvalue weighted by Gasteiger charge is 2.30. The summed E-state index contributed by atoms with van der Waals surface area (Å²) in [7, 11) is 0. The number of anilines is 1. The zero-order valence-corrected chi connectivity index (χ0v) is 10.7. The molecule has 0 spiro atoms. The van der Waals surface area contributed by atoms with Gasteiger partial charge in [0.2, 0.25) is 0 Å². The maximum Gasteiger partial charge on any atom is 0.0504 e. The van der Waals surface area contributed by atoms with Gasteiger partial charge in [-0.1, -0.05) is 37.0 Å². The van der Waals surface area contributed by atoms with E-state index in [1.807, 2.05) is 0 Å². The highest BCUT2D eigenvalue weighted by atomic mass is 16.3. The van der Waals surface area contributed by atoms with Crippen molar-refractivity contribution in [3.05, 3.63) is 29.8 Å². The van der Waals surface area contributed by atoms with Gasteiger partial charge >= 0.3 is 0 Å². The fraction of sp³-hybridized carbons (Fsp3) is 0.600. The van der Waals surface area contributed by atoms with Gasteiger partial charge in [0.25, 0.3) is 0 Å². The summed E-state index contributed by atoms with van der Waals surface area (Å²) in [4.78, 5) is 0. The van der Waals surface area contributed by atoms with Crippen LogP contribution in [0, 0.1) is 12.3 Å². The Kier molecular flexibility index (Phi) is 4.06. The third kappa shape index (κ3) is 3.22. The standard InChI is InChI=1S/C15H23NO/c1-13-5-7-14(8-6-13)16-11-15(12-17)9-3-2-4-10-15/h5-8,16-17H,2-4,9-12H2,1H3. The number of hydrogen-bond donors (Lipinski definition) is 2. The van der Waals surface area contributed by atoms with Crippen LogP contribution in [0.25, 0.3) is 0 Å². The molecule has 0 aromatic heterocycles. The first-order valence-electron chi connectivity index (χ1n) is 6.66. The summed E-state index contributed by atoms with van der Waals surface area (Å²) in [6.45, 7) is 3.30. The zero-order chi connectivity index (χ0) is 12.1. The van der Waals surface area contributed by atoms with E-state index in [1.165, 1.54) is 24.8 Å². The maximum atomic E-state index is 9.62. The van der Waals surface area contributed by atoms with Gasteiger partial charge < -0.3 is 10.4 Å². The molecule has 2 heteroatoms. The molecule has 0 saturated heterocycles. The van der Waals surface area contributed by atoms with Crippen molar-refractivity contribution in [2.24, 2.45) is 5.41 Å². The lowest BCUT2D eigenvalue weighted by atomic mass is 9.74. The molecule has 0 amide bonds. The highest BCUT2D eigenvalue weighted by molar-refractivity contribution is 5.44. The minimum Gasteiger partial charge on any atom is -0.396 e. The fourth-order valence-electron chi connectivity index (χ4n) is 2.65. The normalized spacial score (nSPS) is 18.9. The number of benzene rings is 1. The van der Waals surface area contributed by atoms with Gasteiger partial charge in [-0.05, 0) is 31.9 Å². The lowest BCUT2D eigenvalue weighted by Gasteiger charge is -2.36. The molecular weight excluding hydrogens is 210 g/mol. The Morgan fingerprint density at radius 3 is 2.35 bits per heavy atom. The molecule has 2 N–H and O–H groups in total. The minimum atomic E-state index is 0.114. The van der Waals surface area contributed by atoms with Crippen LogP contribution in [0.2, 0.25) is 0 Å². The summed E-state index contributed by atoms with van der Waals surface area (Å²) in [5.74, 6) is 0. The van der Waals surface area contributed by atoms with Gasteiger partial charge in [0, 0.05) is 17.6 Å². The Balaban J connectivity index is 1.93. The summed E-state index contributed by atoms with van der Waals surface area (Å²) < 4.78 is 0. The van der Waals surface area contributed by atoms with E-state index >= 15 is 0 Å². The molecule has 1 aliphatic carbocycles. The number of rotatable bonds is 4. The molecule has 17 heavy (non-hydrogen) atoms.